The Morgan fingerprint density at radius 2 is 1.86 bits per heavy atom. The van der Waals surface area contributed by atoms with Crippen molar-refractivity contribution in [2.75, 3.05) is 6.61 Å². The van der Waals surface area contributed by atoms with Crippen molar-refractivity contribution < 1.29 is 17.9 Å². The molecule has 1 unspecified atom stereocenters. The molecule has 0 aliphatic carbocycles. The molecule has 0 bridgehead atoms. The number of rotatable bonds is 2. The van der Waals surface area contributed by atoms with Crippen LogP contribution in [-0.2, 0) is 6.42 Å². The van der Waals surface area contributed by atoms with E-state index in [0.717, 1.165) is 17.7 Å². The molecule has 1 heterocycles. The largest absolute Gasteiger partial charge is 0.493 e. The summed E-state index contributed by atoms with van der Waals surface area (Å²) in [5.74, 6) is -3.55. The van der Waals surface area contributed by atoms with E-state index in [-0.39, 0.29) is 5.56 Å². The molecule has 21 heavy (non-hydrogen) atoms. The summed E-state index contributed by atoms with van der Waals surface area (Å²) < 4.78 is 45.7. The zero-order valence-electron chi connectivity index (χ0n) is 10.8. The zero-order chi connectivity index (χ0) is 15.1. The molecule has 0 fully saturated rings. The maximum atomic E-state index is 13.9. The number of hydrogen-bond acceptors (Lipinski definition) is 2. The third-order valence-corrected chi connectivity index (χ3v) is 3.73. The molecule has 1 aliphatic rings. The van der Waals surface area contributed by atoms with Crippen LogP contribution in [0, 0.1) is 17.5 Å². The lowest BCUT2D eigenvalue weighted by Gasteiger charge is -2.17. The highest BCUT2D eigenvalue weighted by molar-refractivity contribution is 6.30. The minimum absolute atomic E-state index is 0.145. The summed E-state index contributed by atoms with van der Waals surface area (Å²) in [5.41, 5.74) is 7.20. The second-order valence-electron chi connectivity index (χ2n) is 4.82. The maximum Gasteiger partial charge on any atom is 0.194 e. The quantitative estimate of drug-likeness (QED) is 0.857. The van der Waals surface area contributed by atoms with Gasteiger partial charge in [-0.15, -0.1) is 0 Å². The molecule has 0 saturated heterocycles. The molecule has 1 aliphatic heterocycles. The summed E-state index contributed by atoms with van der Waals surface area (Å²) in [6, 6.07) is 4.28. The summed E-state index contributed by atoms with van der Waals surface area (Å²) in [6.07, 6.45) is 0.676. The monoisotopic (exact) mass is 313 g/mol. The third kappa shape index (κ3) is 2.36. The van der Waals surface area contributed by atoms with Gasteiger partial charge in [-0.1, -0.05) is 17.7 Å². The van der Waals surface area contributed by atoms with Crippen molar-refractivity contribution in [2.45, 2.75) is 12.5 Å². The van der Waals surface area contributed by atoms with Crippen molar-refractivity contribution in [3.05, 3.63) is 63.4 Å². The molecule has 110 valence electrons. The molecule has 0 amide bonds. The normalized spacial score (nSPS) is 14.7. The van der Waals surface area contributed by atoms with E-state index in [0.29, 0.717) is 29.4 Å². The molecular formula is C15H11ClF3NO. The SMILES string of the molecule is NC(c1ccc(F)c(F)c1F)c1cc(Cl)cc2c1OCC2. The highest BCUT2D eigenvalue weighted by Gasteiger charge is 2.25. The van der Waals surface area contributed by atoms with Crippen LogP contribution < -0.4 is 10.5 Å². The summed E-state index contributed by atoms with van der Waals surface area (Å²) >= 11 is 6.02. The lowest BCUT2D eigenvalue weighted by molar-refractivity contribution is 0.352. The van der Waals surface area contributed by atoms with Crippen LogP contribution in [0.5, 0.6) is 5.75 Å². The number of benzene rings is 2. The molecule has 6 heteroatoms. The van der Waals surface area contributed by atoms with Gasteiger partial charge in [0.25, 0.3) is 0 Å². The smallest absolute Gasteiger partial charge is 0.194 e. The van der Waals surface area contributed by atoms with Crippen LogP contribution in [0.2, 0.25) is 5.02 Å². The molecule has 1 atom stereocenters. The first kappa shape index (κ1) is 14.2. The topological polar surface area (TPSA) is 35.2 Å². The molecule has 0 spiro atoms. The van der Waals surface area contributed by atoms with E-state index in [1.165, 1.54) is 0 Å². The van der Waals surface area contributed by atoms with Crippen molar-refractivity contribution in [3.8, 4) is 5.75 Å². The van der Waals surface area contributed by atoms with Gasteiger partial charge in [0.05, 0.1) is 12.6 Å². The second-order valence-corrected chi connectivity index (χ2v) is 5.26. The van der Waals surface area contributed by atoms with Gasteiger partial charge in [-0.2, -0.15) is 0 Å². The van der Waals surface area contributed by atoms with Crippen molar-refractivity contribution in [2.24, 2.45) is 5.73 Å². The Morgan fingerprint density at radius 3 is 2.62 bits per heavy atom. The fourth-order valence-corrected chi connectivity index (χ4v) is 2.73. The first-order valence-corrected chi connectivity index (χ1v) is 6.71. The number of nitrogens with two attached hydrogens (primary N) is 1. The van der Waals surface area contributed by atoms with Gasteiger partial charge < -0.3 is 10.5 Å². The highest BCUT2D eigenvalue weighted by Crippen LogP contribution is 2.38. The summed E-state index contributed by atoms with van der Waals surface area (Å²) in [4.78, 5) is 0. The molecule has 2 N–H and O–H groups in total. The van der Waals surface area contributed by atoms with Gasteiger partial charge in [0.1, 0.15) is 5.75 Å². The second kappa shape index (κ2) is 5.24. The number of fused-ring (bicyclic) bond motifs is 1. The number of ether oxygens (including phenoxy) is 1. The summed E-state index contributed by atoms with van der Waals surface area (Å²) in [5, 5.41) is 0.438. The molecule has 3 rings (SSSR count). The van der Waals surface area contributed by atoms with Crippen LogP contribution in [0.4, 0.5) is 13.2 Å². The highest BCUT2D eigenvalue weighted by atomic mass is 35.5. The van der Waals surface area contributed by atoms with Crippen molar-refractivity contribution in [1.82, 2.24) is 0 Å². The molecular weight excluding hydrogens is 303 g/mol. The maximum absolute atomic E-state index is 13.9. The Bertz CT molecular complexity index is 721. The van der Waals surface area contributed by atoms with E-state index in [1.54, 1.807) is 12.1 Å². The number of halogens is 4. The lowest BCUT2D eigenvalue weighted by Crippen LogP contribution is -2.16. The molecule has 2 aromatic rings. The van der Waals surface area contributed by atoms with Gasteiger partial charge in [0.15, 0.2) is 17.5 Å². The van der Waals surface area contributed by atoms with E-state index < -0.39 is 23.5 Å². The molecule has 2 aromatic carbocycles. The Balaban J connectivity index is 2.12. The average Bonchev–Trinajstić information content (AvgIpc) is 2.91. The summed E-state index contributed by atoms with van der Waals surface area (Å²) in [7, 11) is 0. The van der Waals surface area contributed by atoms with Gasteiger partial charge in [0.2, 0.25) is 0 Å². The Morgan fingerprint density at radius 1 is 1.10 bits per heavy atom. The van der Waals surface area contributed by atoms with E-state index in [1.807, 2.05) is 0 Å². The van der Waals surface area contributed by atoms with Gasteiger partial charge >= 0.3 is 0 Å². The van der Waals surface area contributed by atoms with Gasteiger partial charge in [0, 0.05) is 22.6 Å². The molecule has 2 nitrogen and oxygen atoms in total. The first-order chi connectivity index (χ1) is 9.99. The van der Waals surface area contributed by atoms with Gasteiger partial charge in [-0.25, -0.2) is 13.2 Å². The Hall–Kier alpha value is -1.72. The van der Waals surface area contributed by atoms with Crippen LogP contribution in [-0.4, -0.2) is 6.61 Å². The molecule has 0 aromatic heterocycles. The van der Waals surface area contributed by atoms with E-state index in [2.05, 4.69) is 0 Å². The lowest BCUT2D eigenvalue weighted by atomic mass is 9.96. The Kier molecular flexibility index (Phi) is 3.55. The molecule has 0 saturated carbocycles. The van der Waals surface area contributed by atoms with Gasteiger partial charge in [-0.3, -0.25) is 0 Å². The first-order valence-electron chi connectivity index (χ1n) is 6.33. The predicted octanol–water partition coefficient (Wildman–Crippen LogP) is 3.74. The van der Waals surface area contributed by atoms with E-state index >= 15 is 0 Å². The molecule has 0 radical (unpaired) electrons. The standard InChI is InChI=1S/C15H11ClF3NO/c16-8-5-7-3-4-21-15(7)10(6-8)14(20)9-1-2-11(17)13(19)12(9)18/h1-2,5-6,14H,3-4,20H2. The van der Waals surface area contributed by atoms with Crippen LogP contribution >= 0.6 is 11.6 Å². The van der Waals surface area contributed by atoms with Crippen LogP contribution in [0.1, 0.15) is 22.7 Å². The fraction of sp³-hybridized carbons (Fsp3) is 0.200. The third-order valence-electron chi connectivity index (χ3n) is 3.51. The average molecular weight is 314 g/mol. The minimum Gasteiger partial charge on any atom is -0.493 e. The zero-order valence-corrected chi connectivity index (χ0v) is 11.6. The van der Waals surface area contributed by atoms with E-state index in [9.17, 15) is 13.2 Å². The van der Waals surface area contributed by atoms with E-state index in [4.69, 9.17) is 22.1 Å². The predicted molar refractivity (Wildman–Crippen MR) is 73.0 cm³/mol. The van der Waals surface area contributed by atoms with Crippen molar-refractivity contribution in [3.63, 3.8) is 0 Å². The fourth-order valence-electron chi connectivity index (χ4n) is 2.48. The van der Waals surface area contributed by atoms with Crippen LogP contribution in [0.25, 0.3) is 0 Å². The minimum atomic E-state index is -1.54. The van der Waals surface area contributed by atoms with Crippen molar-refractivity contribution >= 4 is 11.6 Å². The van der Waals surface area contributed by atoms with Crippen LogP contribution in [0.15, 0.2) is 24.3 Å². The Labute approximate surface area is 124 Å². The van der Waals surface area contributed by atoms with Crippen molar-refractivity contribution in [1.29, 1.82) is 0 Å². The van der Waals surface area contributed by atoms with Crippen LogP contribution in [0.3, 0.4) is 0 Å². The summed E-state index contributed by atoms with van der Waals surface area (Å²) in [6.45, 7) is 0.482. The van der Waals surface area contributed by atoms with Gasteiger partial charge in [-0.05, 0) is 23.8 Å². The number of hydrogen-bond donors (Lipinski definition) is 1.